The normalized spacial score (nSPS) is 20.6. The third-order valence-electron chi connectivity index (χ3n) is 4.36. The lowest BCUT2D eigenvalue weighted by molar-refractivity contribution is -0.126. The van der Waals surface area contributed by atoms with E-state index in [1.807, 2.05) is 6.92 Å². The first-order chi connectivity index (χ1) is 10.6. The summed E-state index contributed by atoms with van der Waals surface area (Å²) in [6, 6.07) is 6.16. The van der Waals surface area contributed by atoms with Crippen LogP contribution >= 0.6 is 0 Å². The van der Waals surface area contributed by atoms with Gasteiger partial charge in [0, 0.05) is 19.7 Å². The summed E-state index contributed by atoms with van der Waals surface area (Å²) in [6.07, 6.45) is 2.75. The lowest BCUT2D eigenvalue weighted by Crippen LogP contribution is -2.49. The molecule has 0 aliphatic carbocycles. The zero-order chi connectivity index (χ0) is 15.9. The van der Waals surface area contributed by atoms with Gasteiger partial charge in [-0.1, -0.05) is 12.1 Å². The molecular weight excluding hydrogens is 283 g/mol. The molecule has 2 atom stereocenters. The molecule has 0 aromatic heterocycles. The molecule has 2 rings (SSSR count). The van der Waals surface area contributed by atoms with Crippen molar-refractivity contribution in [2.45, 2.75) is 32.2 Å². The number of halogens is 1. The Morgan fingerprint density at radius 2 is 2.18 bits per heavy atom. The van der Waals surface area contributed by atoms with Gasteiger partial charge in [-0.25, -0.2) is 4.39 Å². The minimum absolute atomic E-state index is 0.0145. The van der Waals surface area contributed by atoms with Crippen LogP contribution in [0.5, 0.6) is 0 Å². The number of piperidine rings is 1. The molecule has 4 nitrogen and oxygen atoms in total. The highest BCUT2D eigenvalue weighted by Gasteiger charge is 2.26. The summed E-state index contributed by atoms with van der Waals surface area (Å²) in [5, 5.41) is 12.2. The molecule has 1 amide bonds. The van der Waals surface area contributed by atoms with Gasteiger partial charge in [0.25, 0.3) is 0 Å². The van der Waals surface area contributed by atoms with E-state index < -0.39 is 0 Å². The van der Waals surface area contributed by atoms with Gasteiger partial charge in [0.2, 0.25) is 5.91 Å². The maximum atomic E-state index is 12.8. The van der Waals surface area contributed by atoms with Gasteiger partial charge < -0.3 is 10.4 Å². The summed E-state index contributed by atoms with van der Waals surface area (Å²) < 4.78 is 12.8. The average Bonchev–Trinajstić information content (AvgIpc) is 2.56. The maximum Gasteiger partial charge on any atom is 0.237 e. The number of benzene rings is 1. The molecule has 0 spiro atoms. The van der Waals surface area contributed by atoms with Crippen molar-refractivity contribution in [1.29, 1.82) is 0 Å². The summed E-state index contributed by atoms with van der Waals surface area (Å²) in [6.45, 7) is 4.33. The Balaban J connectivity index is 1.75. The summed E-state index contributed by atoms with van der Waals surface area (Å²) in [5.41, 5.74) is 1.01. The maximum absolute atomic E-state index is 12.8. The molecule has 5 heteroatoms. The zero-order valence-corrected chi connectivity index (χ0v) is 13.1. The van der Waals surface area contributed by atoms with Gasteiger partial charge in [0.15, 0.2) is 0 Å². The number of hydrogen-bond donors (Lipinski definition) is 2. The number of nitrogens with one attached hydrogen (secondary N) is 1. The minimum atomic E-state index is -0.245. The van der Waals surface area contributed by atoms with E-state index in [0.29, 0.717) is 13.0 Å². The summed E-state index contributed by atoms with van der Waals surface area (Å²) in [4.78, 5) is 14.3. The Hall–Kier alpha value is -1.46. The van der Waals surface area contributed by atoms with Crippen LogP contribution in [0, 0.1) is 11.7 Å². The first kappa shape index (κ1) is 16.9. The molecule has 22 heavy (non-hydrogen) atoms. The quantitative estimate of drug-likeness (QED) is 0.839. The van der Waals surface area contributed by atoms with Crippen molar-refractivity contribution in [3.63, 3.8) is 0 Å². The van der Waals surface area contributed by atoms with E-state index in [4.69, 9.17) is 0 Å². The molecule has 122 valence electrons. The van der Waals surface area contributed by atoms with E-state index in [1.165, 1.54) is 12.1 Å². The van der Waals surface area contributed by atoms with E-state index in [2.05, 4.69) is 10.2 Å². The molecule has 1 fully saturated rings. The van der Waals surface area contributed by atoms with Crippen LogP contribution in [0.15, 0.2) is 24.3 Å². The predicted molar refractivity (Wildman–Crippen MR) is 84.0 cm³/mol. The molecule has 1 saturated heterocycles. The first-order valence-electron chi connectivity index (χ1n) is 7.97. The largest absolute Gasteiger partial charge is 0.396 e. The molecule has 0 saturated carbocycles. The summed E-state index contributed by atoms with van der Waals surface area (Å²) >= 11 is 0. The molecule has 1 heterocycles. The molecular formula is C17H25FN2O2. The summed E-state index contributed by atoms with van der Waals surface area (Å²) in [5.74, 6) is 0.0499. The fraction of sp³-hybridized carbons (Fsp3) is 0.588. The van der Waals surface area contributed by atoms with Crippen LogP contribution in [0.3, 0.4) is 0 Å². The molecule has 0 radical (unpaired) electrons. The van der Waals surface area contributed by atoms with E-state index in [9.17, 15) is 14.3 Å². The van der Waals surface area contributed by atoms with Gasteiger partial charge >= 0.3 is 0 Å². The first-order valence-corrected chi connectivity index (χ1v) is 7.97. The van der Waals surface area contributed by atoms with Crippen LogP contribution in [0.1, 0.15) is 25.3 Å². The fourth-order valence-electron chi connectivity index (χ4n) is 2.89. The molecule has 0 bridgehead atoms. The Morgan fingerprint density at radius 3 is 2.86 bits per heavy atom. The van der Waals surface area contributed by atoms with Crippen molar-refractivity contribution in [1.82, 2.24) is 10.2 Å². The number of likely N-dealkylation sites (tertiary alicyclic amines) is 1. The number of carbonyl (C=O) groups is 1. The molecule has 1 aromatic rings. The molecule has 2 unspecified atom stereocenters. The molecule has 1 aliphatic rings. The van der Waals surface area contributed by atoms with Crippen LogP contribution in [-0.4, -0.2) is 48.2 Å². The van der Waals surface area contributed by atoms with Crippen molar-refractivity contribution in [2.75, 3.05) is 26.2 Å². The molecule has 2 N–H and O–H groups in total. The predicted octanol–water partition coefficient (Wildman–Crippen LogP) is 1.58. The van der Waals surface area contributed by atoms with E-state index in [-0.39, 0.29) is 30.3 Å². The number of nitrogens with zero attached hydrogens (tertiary/aromatic N) is 1. The topological polar surface area (TPSA) is 52.6 Å². The Kier molecular flexibility index (Phi) is 6.34. The second kappa shape index (κ2) is 8.25. The lowest BCUT2D eigenvalue weighted by atomic mass is 9.97. The molecule has 1 aromatic carbocycles. The third kappa shape index (κ3) is 4.78. The number of hydrogen-bond acceptors (Lipinski definition) is 3. The smallest absolute Gasteiger partial charge is 0.237 e. The van der Waals surface area contributed by atoms with Gasteiger partial charge in [0.1, 0.15) is 5.82 Å². The van der Waals surface area contributed by atoms with Crippen LogP contribution in [0.4, 0.5) is 4.39 Å². The standard InChI is InChI=1S/C17H25FN2O2/c1-13(20-10-2-3-15(11-20)12-21)17(22)19-9-8-14-4-6-16(18)7-5-14/h4-7,13,15,21H,2-3,8-12H2,1H3,(H,19,22). The number of rotatable bonds is 6. The van der Waals surface area contributed by atoms with Gasteiger partial charge in [-0.15, -0.1) is 0 Å². The lowest BCUT2D eigenvalue weighted by Gasteiger charge is -2.35. The second-order valence-corrected chi connectivity index (χ2v) is 6.03. The van der Waals surface area contributed by atoms with Gasteiger partial charge in [-0.05, 0) is 56.3 Å². The number of carbonyl (C=O) groups excluding carboxylic acids is 1. The minimum Gasteiger partial charge on any atom is -0.396 e. The van der Waals surface area contributed by atoms with E-state index in [0.717, 1.165) is 31.5 Å². The summed E-state index contributed by atoms with van der Waals surface area (Å²) in [7, 11) is 0. The highest BCUT2D eigenvalue weighted by Crippen LogP contribution is 2.17. The Bertz CT molecular complexity index is 478. The van der Waals surface area contributed by atoms with Gasteiger partial charge in [-0.3, -0.25) is 9.69 Å². The number of aliphatic hydroxyl groups excluding tert-OH is 1. The van der Waals surface area contributed by atoms with Crippen molar-refractivity contribution >= 4 is 5.91 Å². The molecule has 1 aliphatic heterocycles. The monoisotopic (exact) mass is 308 g/mol. The Morgan fingerprint density at radius 1 is 1.45 bits per heavy atom. The highest BCUT2D eigenvalue weighted by molar-refractivity contribution is 5.81. The Labute approximate surface area is 131 Å². The van der Waals surface area contributed by atoms with Crippen LogP contribution in [0.2, 0.25) is 0 Å². The van der Waals surface area contributed by atoms with E-state index >= 15 is 0 Å². The van der Waals surface area contributed by atoms with Crippen molar-refractivity contribution in [2.24, 2.45) is 5.92 Å². The zero-order valence-electron chi connectivity index (χ0n) is 13.1. The van der Waals surface area contributed by atoms with Crippen molar-refractivity contribution in [3.8, 4) is 0 Å². The van der Waals surface area contributed by atoms with Gasteiger partial charge in [0.05, 0.1) is 6.04 Å². The van der Waals surface area contributed by atoms with Crippen molar-refractivity contribution < 1.29 is 14.3 Å². The van der Waals surface area contributed by atoms with Crippen LogP contribution in [0.25, 0.3) is 0 Å². The van der Waals surface area contributed by atoms with E-state index in [1.54, 1.807) is 12.1 Å². The fourth-order valence-corrected chi connectivity index (χ4v) is 2.89. The number of aliphatic hydroxyl groups is 1. The highest BCUT2D eigenvalue weighted by atomic mass is 19.1. The number of amides is 1. The van der Waals surface area contributed by atoms with Crippen LogP contribution < -0.4 is 5.32 Å². The second-order valence-electron chi connectivity index (χ2n) is 6.03. The average molecular weight is 308 g/mol. The third-order valence-corrected chi connectivity index (χ3v) is 4.36. The van der Waals surface area contributed by atoms with Crippen LogP contribution in [-0.2, 0) is 11.2 Å². The van der Waals surface area contributed by atoms with Crippen molar-refractivity contribution in [3.05, 3.63) is 35.6 Å². The SMILES string of the molecule is CC(C(=O)NCCc1ccc(F)cc1)N1CCCC(CO)C1. The van der Waals surface area contributed by atoms with Gasteiger partial charge in [-0.2, -0.15) is 0 Å².